The third-order valence-corrected chi connectivity index (χ3v) is 7.21. The summed E-state index contributed by atoms with van der Waals surface area (Å²) in [6.45, 7) is 4.81. The predicted octanol–water partition coefficient (Wildman–Crippen LogP) is 5.68. The van der Waals surface area contributed by atoms with E-state index in [1.54, 1.807) is 11.8 Å². The maximum atomic E-state index is 13.4. The van der Waals surface area contributed by atoms with Crippen molar-refractivity contribution in [3.63, 3.8) is 0 Å². The maximum absolute atomic E-state index is 13.4. The van der Waals surface area contributed by atoms with Crippen LogP contribution in [0, 0.1) is 24.7 Å². The molecule has 1 aromatic carbocycles. The fourth-order valence-electron chi connectivity index (χ4n) is 4.95. The Bertz CT molecular complexity index is 909. The third kappa shape index (κ3) is 3.68. The molecule has 1 amide bonds. The topological polar surface area (TPSA) is 57.0 Å². The molecule has 1 N–H and O–H groups in total. The lowest BCUT2D eigenvalue weighted by Gasteiger charge is -2.30. The van der Waals surface area contributed by atoms with Crippen molar-refractivity contribution in [1.29, 1.82) is 0 Å². The van der Waals surface area contributed by atoms with Crippen LogP contribution in [0.25, 0.3) is 16.2 Å². The molecule has 2 aliphatic rings. The molecule has 0 bridgehead atoms. The molecule has 1 saturated carbocycles. The van der Waals surface area contributed by atoms with Gasteiger partial charge in [0.1, 0.15) is 5.69 Å². The van der Waals surface area contributed by atoms with Gasteiger partial charge in [0.05, 0.1) is 15.4 Å². The number of alkyl halides is 3. The molecular formula is C21H23F3N3OS-. The molecule has 156 valence electrons. The summed E-state index contributed by atoms with van der Waals surface area (Å²) in [5.74, 6) is 1.21. The summed E-state index contributed by atoms with van der Waals surface area (Å²) in [4.78, 5) is 20.2. The Morgan fingerprint density at radius 3 is 2.59 bits per heavy atom. The van der Waals surface area contributed by atoms with Crippen molar-refractivity contribution in [2.24, 2.45) is 17.8 Å². The SMILES string of the molecule is Cc1nc(C(=O)N2C[C@@H]3CC(C)C[C@@H]3[C@H]2C[NH-])c(-c2ccc(C(F)(F)F)cc2)s1. The molecular weight excluding hydrogens is 399 g/mol. The molecule has 4 nitrogen and oxygen atoms in total. The van der Waals surface area contributed by atoms with Crippen LogP contribution in [0.15, 0.2) is 24.3 Å². The van der Waals surface area contributed by atoms with Gasteiger partial charge in [-0.25, -0.2) is 4.98 Å². The van der Waals surface area contributed by atoms with Gasteiger partial charge in [0.2, 0.25) is 0 Å². The van der Waals surface area contributed by atoms with Crippen LogP contribution in [0.3, 0.4) is 0 Å². The van der Waals surface area contributed by atoms with Crippen molar-refractivity contribution < 1.29 is 18.0 Å². The van der Waals surface area contributed by atoms with Crippen LogP contribution < -0.4 is 0 Å². The molecule has 4 atom stereocenters. The number of rotatable bonds is 3. The van der Waals surface area contributed by atoms with E-state index in [1.165, 1.54) is 23.5 Å². The number of fused-ring (bicyclic) bond motifs is 1. The molecule has 1 aliphatic heterocycles. The van der Waals surface area contributed by atoms with E-state index < -0.39 is 11.7 Å². The number of nitrogens with one attached hydrogen (secondary N) is 1. The fraction of sp³-hybridized carbons (Fsp3) is 0.524. The van der Waals surface area contributed by atoms with Gasteiger partial charge in [0.15, 0.2) is 0 Å². The fourth-order valence-corrected chi connectivity index (χ4v) is 5.87. The van der Waals surface area contributed by atoms with Gasteiger partial charge in [-0.2, -0.15) is 13.2 Å². The molecule has 29 heavy (non-hydrogen) atoms. The number of aryl methyl sites for hydroxylation is 1. The highest BCUT2D eigenvalue weighted by atomic mass is 32.1. The van der Waals surface area contributed by atoms with E-state index in [1.807, 2.05) is 0 Å². The third-order valence-electron chi connectivity index (χ3n) is 6.19. The summed E-state index contributed by atoms with van der Waals surface area (Å²) < 4.78 is 38.6. The van der Waals surface area contributed by atoms with Gasteiger partial charge in [-0.15, -0.1) is 17.9 Å². The number of benzene rings is 1. The first-order chi connectivity index (χ1) is 13.7. The first-order valence-corrected chi connectivity index (χ1v) is 10.6. The number of hydrogen-bond donors (Lipinski definition) is 0. The van der Waals surface area contributed by atoms with Gasteiger partial charge in [0, 0.05) is 12.6 Å². The van der Waals surface area contributed by atoms with E-state index in [9.17, 15) is 18.0 Å². The zero-order chi connectivity index (χ0) is 20.9. The highest BCUT2D eigenvalue weighted by Gasteiger charge is 2.47. The quantitative estimate of drug-likeness (QED) is 0.639. The summed E-state index contributed by atoms with van der Waals surface area (Å²) in [5, 5.41) is 0.693. The van der Waals surface area contributed by atoms with E-state index >= 15 is 0 Å². The second kappa shape index (κ2) is 7.40. The second-order valence-corrected chi connectivity index (χ2v) is 9.42. The Labute approximate surface area is 171 Å². The van der Waals surface area contributed by atoms with Gasteiger partial charge in [-0.3, -0.25) is 4.79 Å². The normalized spacial score (nSPS) is 26.8. The van der Waals surface area contributed by atoms with Crippen molar-refractivity contribution in [2.45, 2.75) is 38.9 Å². The number of thiazole rings is 1. The molecule has 1 aromatic heterocycles. The molecule has 1 unspecified atom stereocenters. The summed E-state index contributed by atoms with van der Waals surface area (Å²) in [6.07, 6.45) is -2.28. The van der Waals surface area contributed by atoms with E-state index in [0.717, 1.165) is 25.0 Å². The van der Waals surface area contributed by atoms with Crippen molar-refractivity contribution in [2.75, 3.05) is 13.1 Å². The van der Waals surface area contributed by atoms with Crippen molar-refractivity contribution >= 4 is 17.2 Å². The van der Waals surface area contributed by atoms with Crippen molar-refractivity contribution in [3.05, 3.63) is 46.3 Å². The van der Waals surface area contributed by atoms with Gasteiger partial charge < -0.3 is 10.6 Å². The highest BCUT2D eigenvalue weighted by Crippen LogP contribution is 2.46. The number of nitrogens with zero attached hydrogens (tertiary/aromatic N) is 2. The van der Waals surface area contributed by atoms with Crippen LogP contribution in [0.2, 0.25) is 0 Å². The van der Waals surface area contributed by atoms with Crippen LogP contribution in [0.4, 0.5) is 13.2 Å². The summed E-state index contributed by atoms with van der Waals surface area (Å²) in [5.41, 5.74) is 8.12. The average molecular weight is 422 g/mol. The lowest BCUT2D eigenvalue weighted by Crippen LogP contribution is -2.40. The molecule has 2 fully saturated rings. The largest absolute Gasteiger partial charge is 0.676 e. The van der Waals surface area contributed by atoms with E-state index in [0.29, 0.717) is 45.4 Å². The highest BCUT2D eigenvalue weighted by molar-refractivity contribution is 7.15. The molecule has 0 radical (unpaired) electrons. The predicted molar refractivity (Wildman–Crippen MR) is 107 cm³/mol. The second-order valence-electron chi connectivity index (χ2n) is 8.22. The first kappa shape index (κ1) is 20.3. The van der Waals surface area contributed by atoms with Crippen LogP contribution in [0.1, 0.15) is 40.8 Å². The van der Waals surface area contributed by atoms with Gasteiger partial charge in [-0.05, 0) is 55.2 Å². The van der Waals surface area contributed by atoms with Crippen LogP contribution in [0.5, 0.6) is 0 Å². The summed E-state index contributed by atoms with van der Waals surface area (Å²) >= 11 is 1.31. The Morgan fingerprint density at radius 1 is 1.28 bits per heavy atom. The van der Waals surface area contributed by atoms with Crippen LogP contribution in [-0.4, -0.2) is 34.9 Å². The summed E-state index contributed by atoms with van der Waals surface area (Å²) in [7, 11) is 0. The number of halogens is 3. The van der Waals surface area contributed by atoms with Crippen molar-refractivity contribution in [1.82, 2.24) is 9.88 Å². The minimum Gasteiger partial charge on any atom is -0.676 e. The Balaban J connectivity index is 1.64. The van der Waals surface area contributed by atoms with E-state index in [2.05, 4.69) is 11.9 Å². The van der Waals surface area contributed by atoms with Gasteiger partial charge in [-0.1, -0.05) is 19.1 Å². The minimum absolute atomic E-state index is 0.111. The molecule has 2 heterocycles. The molecule has 2 aromatic rings. The molecule has 8 heteroatoms. The van der Waals surface area contributed by atoms with Gasteiger partial charge in [0.25, 0.3) is 5.91 Å². The lowest BCUT2D eigenvalue weighted by atomic mass is 9.94. The van der Waals surface area contributed by atoms with Crippen molar-refractivity contribution in [3.8, 4) is 10.4 Å². The van der Waals surface area contributed by atoms with Gasteiger partial charge >= 0.3 is 6.18 Å². The monoisotopic (exact) mass is 422 g/mol. The molecule has 1 aliphatic carbocycles. The number of carbonyl (C=O) groups excluding carboxylic acids is 1. The Morgan fingerprint density at radius 2 is 1.97 bits per heavy atom. The number of amides is 1. The zero-order valence-electron chi connectivity index (χ0n) is 16.3. The van der Waals surface area contributed by atoms with E-state index in [-0.39, 0.29) is 18.5 Å². The molecule has 1 saturated heterocycles. The first-order valence-electron chi connectivity index (χ1n) is 9.79. The number of hydrogen-bond acceptors (Lipinski definition) is 3. The number of aromatic nitrogens is 1. The summed E-state index contributed by atoms with van der Waals surface area (Å²) in [6, 6.07) is 4.75. The Kier molecular flexibility index (Phi) is 5.19. The standard InChI is InChI=1S/C21H23F3N3OS/c1-11-7-14-10-27(17(9-25)16(14)8-11)20(28)18-19(29-12(2)26-18)13-3-5-15(6-4-13)21(22,23)24/h3-6,11,14,16-17,25H,7-10H2,1-2H3/q-1/t11?,14-,16-,17+/m0/s1. The number of likely N-dealkylation sites (tertiary alicyclic amines) is 1. The van der Waals surface area contributed by atoms with E-state index in [4.69, 9.17) is 5.73 Å². The van der Waals surface area contributed by atoms with Crippen LogP contribution in [-0.2, 0) is 6.18 Å². The average Bonchev–Trinajstić information content (AvgIpc) is 3.32. The maximum Gasteiger partial charge on any atom is 0.416 e. The minimum atomic E-state index is -4.40. The zero-order valence-corrected chi connectivity index (χ0v) is 17.1. The molecule has 4 rings (SSSR count). The Hall–Kier alpha value is -1.93. The van der Waals surface area contributed by atoms with Crippen LogP contribution >= 0.6 is 11.3 Å². The smallest absolute Gasteiger partial charge is 0.416 e. The number of carbonyl (C=O) groups is 1. The molecule has 0 spiro atoms. The lowest BCUT2D eigenvalue weighted by molar-refractivity contribution is -0.137.